The number of piperazine rings is 1. The highest BCUT2D eigenvalue weighted by Gasteiger charge is 2.45. The minimum Gasteiger partial charge on any atom is -0.340 e. The van der Waals surface area contributed by atoms with Crippen molar-refractivity contribution in [1.29, 1.82) is 0 Å². The lowest BCUT2D eigenvalue weighted by Gasteiger charge is -2.43. The molecule has 0 aromatic heterocycles. The summed E-state index contributed by atoms with van der Waals surface area (Å²) in [4.78, 5) is 26.3. The Bertz CT molecular complexity index is 591. The largest absolute Gasteiger partial charge is 0.340 e. The zero-order valence-electron chi connectivity index (χ0n) is 12.2. The normalized spacial score (nSPS) is 26.0. The Morgan fingerprint density at radius 2 is 1.95 bits per heavy atom. The molecule has 1 aromatic carbocycles. The van der Waals surface area contributed by atoms with Crippen LogP contribution in [0.5, 0.6) is 0 Å². The van der Waals surface area contributed by atoms with E-state index in [0.717, 1.165) is 5.56 Å². The molecule has 114 valence electrons. The number of rotatable bonds is 3. The summed E-state index contributed by atoms with van der Waals surface area (Å²) in [5.41, 5.74) is -0.00227. The van der Waals surface area contributed by atoms with Gasteiger partial charge in [-0.1, -0.05) is 36.2 Å². The number of nitrogens with zero attached hydrogens (tertiary/aromatic N) is 1. The summed E-state index contributed by atoms with van der Waals surface area (Å²) in [6.45, 7) is 5.69. The lowest BCUT2D eigenvalue weighted by atomic mass is 9.92. The number of hydrogen-bond acceptors (Lipinski definition) is 2. The van der Waals surface area contributed by atoms with E-state index in [4.69, 9.17) is 23.2 Å². The van der Waals surface area contributed by atoms with Gasteiger partial charge in [-0.25, -0.2) is 0 Å². The van der Waals surface area contributed by atoms with Gasteiger partial charge in [0, 0.05) is 6.54 Å². The summed E-state index contributed by atoms with van der Waals surface area (Å²) in [7, 11) is 0. The van der Waals surface area contributed by atoms with E-state index in [1.54, 1.807) is 30.9 Å². The maximum atomic E-state index is 12.6. The molecule has 0 spiro atoms. The van der Waals surface area contributed by atoms with Crippen LogP contribution >= 0.6 is 23.2 Å². The number of hydrogen-bond donors (Lipinski definition) is 1. The molecule has 1 fully saturated rings. The molecule has 1 N–H and O–H groups in total. The third-order valence-electron chi connectivity index (χ3n) is 4.02. The van der Waals surface area contributed by atoms with E-state index in [0.29, 0.717) is 23.0 Å². The molecule has 1 aromatic rings. The van der Waals surface area contributed by atoms with Gasteiger partial charge in [0.25, 0.3) is 0 Å². The summed E-state index contributed by atoms with van der Waals surface area (Å²) >= 11 is 11.9. The van der Waals surface area contributed by atoms with Gasteiger partial charge < -0.3 is 10.2 Å². The molecule has 1 saturated heterocycles. The van der Waals surface area contributed by atoms with Crippen LogP contribution in [0.3, 0.4) is 0 Å². The topological polar surface area (TPSA) is 49.4 Å². The van der Waals surface area contributed by atoms with Gasteiger partial charge in [0.1, 0.15) is 11.6 Å². The van der Waals surface area contributed by atoms with Crippen LogP contribution in [0.1, 0.15) is 32.8 Å². The Hall–Kier alpha value is -1.26. The van der Waals surface area contributed by atoms with E-state index in [2.05, 4.69) is 5.32 Å². The van der Waals surface area contributed by atoms with Crippen LogP contribution in [0.4, 0.5) is 0 Å². The van der Waals surface area contributed by atoms with Crippen molar-refractivity contribution in [2.24, 2.45) is 0 Å². The van der Waals surface area contributed by atoms with Crippen molar-refractivity contribution in [1.82, 2.24) is 10.2 Å². The zero-order valence-corrected chi connectivity index (χ0v) is 13.8. The van der Waals surface area contributed by atoms with Gasteiger partial charge in [-0.05, 0) is 38.0 Å². The smallest absolute Gasteiger partial charge is 0.248 e. The van der Waals surface area contributed by atoms with E-state index < -0.39 is 11.6 Å². The second-order valence-electron chi connectivity index (χ2n) is 5.53. The van der Waals surface area contributed by atoms with E-state index in [9.17, 15) is 9.59 Å². The average molecular weight is 329 g/mol. The first kappa shape index (κ1) is 16.1. The van der Waals surface area contributed by atoms with Gasteiger partial charge in [0.2, 0.25) is 11.8 Å². The SMILES string of the molecule is CCC1(C)NC(=O)C(C)N(Cc2ccc(Cl)c(Cl)c2)C1=O. The number of nitrogens with one attached hydrogen (secondary N) is 1. The molecule has 0 aliphatic carbocycles. The van der Waals surface area contributed by atoms with Crippen molar-refractivity contribution in [3.63, 3.8) is 0 Å². The quantitative estimate of drug-likeness (QED) is 0.927. The van der Waals surface area contributed by atoms with Crippen molar-refractivity contribution in [2.45, 2.75) is 45.3 Å². The molecule has 0 radical (unpaired) electrons. The van der Waals surface area contributed by atoms with Gasteiger partial charge >= 0.3 is 0 Å². The monoisotopic (exact) mass is 328 g/mol. The molecule has 1 aliphatic heterocycles. The lowest BCUT2D eigenvalue weighted by molar-refractivity contribution is -0.154. The first-order valence-corrected chi connectivity index (χ1v) is 7.61. The van der Waals surface area contributed by atoms with Gasteiger partial charge in [0.05, 0.1) is 10.0 Å². The Kier molecular flexibility index (Phi) is 4.49. The summed E-state index contributed by atoms with van der Waals surface area (Å²) in [5.74, 6) is -0.220. The van der Waals surface area contributed by atoms with Crippen LogP contribution in [0, 0.1) is 0 Å². The fourth-order valence-corrected chi connectivity index (χ4v) is 2.67. The Morgan fingerprint density at radius 3 is 2.52 bits per heavy atom. The zero-order chi connectivity index (χ0) is 15.8. The predicted octanol–water partition coefficient (Wildman–Crippen LogP) is 3.01. The van der Waals surface area contributed by atoms with Crippen molar-refractivity contribution in [3.05, 3.63) is 33.8 Å². The lowest BCUT2D eigenvalue weighted by Crippen LogP contribution is -2.68. The number of benzene rings is 1. The van der Waals surface area contributed by atoms with Crippen LogP contribution in [0.2, 0.25) is 10.0 Å². The molecule has 1 heterocycles. The Morgan fingerprint density at radius 1 is 1.29 bits per heavy atom. The highest BCUT2D eigenvalue weighted by Crippen LogP contribution is 2.26. The van der Waals surface area contributed by atoms with Gasteiger partial charge in [-0.3, -0.25) is 9.59 Å². The van der Waals surface area contributed by atoms with Crippen LogP contribution in [-0.2, 0) is 16.1 Å². The molecule has 1 aliphatic rings. The third-order valence-corrected chi connectivity index (χ3v) is 4.76. The van der Waals surface area contributed by atoms with E-state index in [1.165, 1.54) is 0 Å². The first-order chi connectivity index (χ1) is 9.78. The maximum absolute atomic E-state index is 12.6. The maximum Gasteiger partial charge on any atom is 0.248 e. The molecule has 2 amide bonds. The summed E-state index contributed by atoms with van der Waals surface area (Å²) in [6.07, 6.45) is 0.544. The van der Waals surface area contributed by atoms with E-state index in [-0.39, 0.29) is 11.8 Å². The highest BCUT2D eigenvalue weighted by molar-refractivity contribution is 6.42. The number of carbonyl (C=O) groups excluding carboxylic acids is 2. The number of amides is 2. The predicted molar refractivity (Wildman–Crippen MR) is 83.3 cm³/mol. The summed E-state index contributed by atoms with van der Waals surface area (Å²) in [5, 5.41) is 3.71. The Labute approximate surface area is 134 Å². The minimum atomic E-state index is -0.847. The third kappa shape index (κ3) is 3.01. The second kappa shape index (κ2) is 5.85. The van der Waals surface area contributed by atoms with Crippen LogP contribution in [0.25, 0.3) is 0 Å². The van der Waals surface area contributed by atoms with Gasteiger partial charge in [0.15, 0.2) is 0 Å². The Balaban J connectivity index is 2.29. The van der Waals surface area contributed by atoms with Crippen LogP contribution < -0.4 is 5.32 Å². The van der Waals surface area contributed by atoms with E-state index in [1.807, 2.05) is 13.0 Å². The van der Waals surface area contributed by atoms with Crippen LogP contribution in [-0.4, -0.2) is 28.3 Å². The average Bonchev–Trinajstić information content (AvgIpc) is 2.45. The van der Waals surface area contributed by atoms with Crippen LogP contribution in [0.15, 0.2) is 18.2 Å². The molecule has 2 atom stereocenters. The molecule has 6 heteroatoms. The van der Waals surface area contributed by atoms with Gasteiger partial charge in [-0.2, -0.15) is 0 Å². The molecule has 4 nitrogen and oxygen atoms in total. The minimum absolute atomic E-state index is 0.0804. The number of halogens is 2. The van der Waals surface area contributed by atoms with Crippen molar-refractivity contribution in [3.8, 4) is 0 Å². The van der Waals surface area contributed by atoms with Gasteiger partial charge in [-0.15, -0.1) is 0 Å². The fourth-order valence-electron chi connectivity index (χ4n) is 2.35. The van der Waals surface area contributed by atoms with Crippen molar-refractivity contribution in [2.75, 3.05) is 0 Å². The molecular formula is C15H18Cl2N2O2. The molecule has 0 bridgehead atoms. The first-order valence-electron chi connectivity index (χ1n) is 6.85. The standard InChI is InChI=1S/C15H18Cl2N2O2/c1-4-15(3)14(21)19(9(2)13(20)18-15)8-10-5-6-11(16)12(17)7-10/h5-7,9H,4,8H2,1-3H3,(H,18,20). The highest BCUT2D eigenvalue weighted by atomic mass is 35.5. The molecule has 2 unspecified atom stereocenters. The molecule has 21 heavy (non-hydrogen) atoms. The van der Waals surface area contributed by atoms with Crippen molar-refractivity contribution < 1.29 is 9.59 Å². The summed E-state index contributed by atoms with van der Waals surface area (Å²) < 4.78 is 0. The van der Waals surface area contributed by atoms with Crippen molar-refractivity contribution >= 4 is 35.0 Å². The van der Waals surface area contributed by atoms with E-state index >= 15 is 0 Å². The molecule has 2 rings (SSSR count). The second-order valence-corrected chi connectivity index (χ2v) is 6.35. The number of carbonyl (C=O) groups is 2. The molecular weight excluding hydrogens is 311 g/mol. The summed E-state index contributed by atoms with van der Waals surface area (Å²) in [6, 6.07) is 4.72. The fraction of sp³-hybridized carbons (Fsp3) is 0.467. The molecule has 0 saturated carbocycles.